The summed E-state index contributed by atoms with van der Waals surface area (Å²) in [5.74, 6) is -0.865. The third-order valence-electron chi connectivity index (χ3n) is 2.56. The highest BCUT2D eigenvalue weighted by molar-refractivity contribution is 5.78. The van der Waals surface area contributed by atoms with Crippen LogP contribution in [-0.4, -0.2) is 60.3 Å². The Balaban J connectivity index is 2.24. The summed E-state index contributed by atoms with van der Waals surface area (Å²) in [5.41, 5.74) is 0. The Morgan fingerprint density at radius 2 is 1.94 bits per heavy atom. The maximum atomic E-state index is 11.8. The molecule has 1 rings (SSSR count). The van der Waals surface area contributed by atoms with Crippen LogP contribution in [0.2, 0.25) is 0 Å². The van der Waals surface area contributed by atoms with Gasteiger partial charge in [0.1, 0.15) is 0 Å². The van der Waals surface area contributed by atoms with Crippen molar-refractivity contribution in [3.63, 3.8) is 0 Å². The van der Waals surface area contributed by atoms with Gasteiger partial charge in [-0.05, 0) is 13.8 Å². The number of hydrogen-bond donors (Lipinski definition) is 2. The van der Waals surface area contributed by atoms with E-state index in [-0.39, 0.29) is 31.1 Å². The molecule has 0 aromatic rings. The molecule has 2 atom stereocenters. The number of carbonyl (C=O) groups is 2. The van der Waals surface area contributed by atoms with Crippen LogP contribution in [0, 0.1) is 0 Å². The lowest BCUT2D eigenvalue weighted by Crippen LogP contribution is -2.50. The van der Waals surface area contributed by atoms with Crippen molar-refractivity contribution in [2.24, 2.45) is 0 Å². The van der Waals surface area contributed by atoms with Crippen molar-refractivity contribution < 1.29 is 19.4 Å². The molecule has 2 unspecified atom stereocenters. The smallest absolute Gasteiger partial charge is 0.304 e. The van der Waals surface area contributed by atoms with Crippen molar-refractivity contribution in [1.82, 2.24) is 10.2 Å². The first-order valence-corrected chi connectivity index (χ1v) is 5.84. The van der Waals surface area contributed by atoms with Crippen molar-refractivity contribution >= 4 is 11.9 Å². The maximum Gasteiger partial charge on any atom is 0.304 e. The molecule has 1 amide bonds. The molecular weight excluding hydrogens is 224 g/mol. The number of morpholine rings is 1. The molecule has 1 aliphatic heterocycles. The van der Waals surface area contributed by atoms with Crippen molar-refractivity contribution in [2.45, 2.75) is 32.5 Å². The Morgan fingerprint density at radius 1 is 1.35 bits per heavy atom. The van der Waals surface area contributed by atoms with Gasteiger partial charge in [0.05, 0.1) is 25.2 Å². The second-order valence-corrected chi connectivity index (χ2v) is 4.38. The monoisotopic (exact) mass is 244 g/mol. The predicted octanol–water partition coefficient (Wildman–Crippen LogP) is -0.313. The van der Waals surface area contributed by atoms with Crippen LogP contribution in [0.5, 0.6) is 0 Å². The molecule has 0 aliphatic carbocycles. The van der Waals surface area contributed by atoms with Crippen LogP contribution in [-0.2, 0) is 14.3 Å². The van der Waals surface area contributed by atoms with E-state index in [4.69, 9.17) is 9.84 Å². The minimum absolute atomic E-state index is 0.00242. The number of nitrogens with zero attached hydrogens (tertiary/aromatic N) is 1. The fourth-order valence-corrected chi connectivity index (χ4v) is 1.88. The zero-order chi connectivity index (χ0) is 12.8. The molecule has 6 nitrogen and oxygen atoms in total. The zero-order valence-corrected chi connectivity index (χ0v) is 10.3. The van der Waals surface area contributed by atoms with E-state index in [1.54, 1.807) is 4.90 Å². The number of amides is 1. The average Bonchev–Trinajstić information content (AvgIpc) is 2.22. The molecule has 0 aromatic carbocycles. The van der Waals surface area contributed by atoms with Crippen LogP contribution in [0.3, 0.4) is 0 Å². The summed E-state index contributed by atoms with van der Waals surface area (Å²) in [6.45, 7) is 5.58. The van der Waals surface area contributed by atoms with Gasteiger partial charge in [-0.1, -0.05) is 0 Å². The van der Waals surface area contributed by atoms with Crippen molar-refractivity contribution in [3.05, 3.63) is 0 Å². The summed E-state index contributed by atoms with van der Waals surface area (Å²) >= 11 is 0. The first kappa shape index (κ1) is 13.9. The average molecular weight is 244 g/mol. The van der Waals surface area contributed by atoms with Gasteiger partial charge < -0.3 is 20.1 Å². The van der Waals surface area contributed by atoms with E-state index in [0.717, 1.165) is 0 Å². The minimum Gasteiger partial charge on any atom is -0.481 e. The lowest BCUT2D eigenvalue weighted by molar-refractivity contribution is -0.142. The minimum atomic E-state index is -0.862. The molecular formula is C11H20N2O4. The molecule has 1 saturated heterocycles. The van der Waals surface area contributed by atoms with Gasteiger partial charge in [0.2, 0.25) is 5.91 Å². The molecule has 1 aliphatic rings. The Hall–Kier alpha value is -1.14. The van der Waals surface area contributed by atoms with E-state index in [1.165, 1.54) is 0 Å². The van der Waals surface area contributed by atoms with E-state index < -0.39 is 5.97 Å². The first-order valence-electron chi connectivity index (χ1n) is 5.84. The highest BCUT2D eigenvalue weighted by atomic mass is 16.5. The van der Waals surface area contributed by atoms with E-state index in [0.29, 0.717) is 19.6 Å². The third kappa shape index (κ3) is 5.14. The molecule has 0 radical (unpaired) electrons. The molecule has 1 heterocycles. The number of ether oxygens (including phenoxy) is 1. The normalized spacial score (nSPS) is 24.7. The van der Waals surface area contributed by atoms with E-state index >= 15 is 0 Å². The third-order valence-corrected chi connectivity index (χ3v) is 2.56. The molecule has 0 saturated carbocycles. The number of rotatable bonds is 5. The molecule has 2 N–H and O–H groups in total. The van der Waals surface area contributed by atoms with Crippen LogP contribution < -0.4 is 5.32 Å². The molecule has 6 heteroatoms. The number of nitrogens with one attached hydrogen (secondary N) is 1. The largest absolute Gasteiger partial charge is 0.481 e. The first-order chi connectivity index (χ1) is 7.99. The Bertz CT molecular complexity index is 273. The Labute approximate surface area is 101 Å². The molecule has 98 valence electrons. The van der Waals surface area contributed by atoms with Gasteiger partial charge in [0.25, 0.3) is 0 Å². The molecule has 0 bridgehead atoms. The van der Waals surface area contributed by atoms with E-state index in [1.807, 2.05) is 13.8 Å². The van der Waals surface area contributed by atoms with E-state index in [2.05, 4.69) is 5.32 Å². The van der Waals surface area contributed by atoms with Crippen LogP contribution in [0.1, 0.15) is 20.3 Å². The van der Waals surface area contributed by atoms with Gasteiger partial charge in [-0.25, -0.2) is 0 Å². The maximum absolute atomic E-state index is 11.8. The summed E-state index contributed by atoms with van der Waals surface area (Å²) in [7, 11) is 0. The van der Waals surface area contributed by atoms with Crippen LogP contribution in [0.4, 0.5) is 0 Å². The summed E-state index contributed by atoms with van der Waals surface area (Å²) < 4.78 is 5.53. The molecule has 1 fully saturated rings. The standard InChI is InChI=1S/C11H20N2O4/c1-8-6-13(7-9(2)17-8)10(14)5-12-4-3-11(15)16/h8-9,12H,3-7H2,1-2H3,(H,15,16). The number of carbonyl (C=O) groups excluding carboxylic acids is 1. The van der Waals surface area contributed by atoms with Gasteiger partial charge in [0.15, 0.2) is 0 Å². The fourth-order valence-electron chi connectivity index (χ4n) is 1.88. The van der Waals surface area contributed by atoms with E-state index in [9.17, 15) is 9.59 Å². The van der Waals surface area contributed by atoms with Crippen molar-refractivity contribution in [1.29, 1.82) is 0 Å². The van der Waals surface area contributed by atoms with Crippen LogP contribution in [0.15, 0.2) is 0 Å². The van der Waals surface area contributed by atoms with Crippen molar-refractivity contribution in [3.8, 4) is 0 Å². The second-order valence-electron chi connectivity index (χ2n) is 4.38. The Kier molecular flexibility index (Phi) is 5.37. The van der Waals surface area contributed by atoms with Gasteiger partial charge >= 0.3 is 5.97 Å². The fraction of sp³-hybridized carbons (Fsp3) is 0.818. The molecule has 0 aromatic heterocycles. The van der Waals surface area contributed by atoms with Crippen LogP contribution in [0.25, 0.3) is 0 Å². The zero-order valence-electron chi connectivity index (χ0n) is 10.3. The molecule has 17 heavy (non-hydrogen) atoms. The molecule has 0 spiro atoms. The summed E-state index contributed by atoms with van der Waals surface area (Å²) in [4.78, 5) is 23.8. The number of carboxylic acid groups (broad SMARTS) is 1. The van der Waals surface area contributed by atoms with Gasteiger partial charge in [-0.3, -0.25) is 9.59 Å². The lowest BCUT2D eigenvalue weighted by Gasteiger charge is -2.35. The van der Waals surface area contributed by atoms with Crippen molar-refractivity contribution in [2.75, 3.05) is 26.2 Å². The number of aliphatic carboxylic acids is 1. The predicted molar refractivity (Wildman–Crippen MR) is 61.7 cm³/mol. The number of hydrogen-bond acceptors (Lipinski definition) is 4. The highest BCUT2D eigenvalue weighted by Gasteiger charge is 2.25. The lowest BCUT2D eigenvalue weighted by atomic mass is 10.2. The van der Waals surface area contributed by atoms with Crippen LogP contribution >= 0.6 is 0 Å². The topological polar surface area (TPSA) is 78.9 Å². The number of carboxylic acids is 1. The SMILES string of the molecule is CC1CN(C(=O)CNCCC(=O)O)CC(C)O1. The summed E-state index contributed by atoms with van der Waals surface area (Å²) in [6, 6.07) is 0. The van der Waals surface area contributed by atoms with Gasteiger partial charge in [-0.2, -0.15) is 0 Å². The highest BCUT2D eigenvalue weighted by Crippen LogP contribution is 2.10. The second kappa shape index (κ2) is 6.56. The Morgan fingerprint density at radius 3 is 2.47 bits per heavy atom. The quantitative estimate of drug-likeness (QED) is 0.648. The van der Waals surface area contributed by atoms with Gasteiger partial charge in [-0.15, -0.1) is 0 Å². The summed E-state index contributed by atoms with van der Waals surface area (Å²) in [5, 5.41) is 11.3. The van der Waals surface area contributed by atoms with Gasteiger partial charge in [0, 0.05) is 19.6 Å². The summed E-state index contributed by atoms with van der Waals surface area (Å²) in [6.07, 6.45) is 0.145.